The lowest BCUT2D eigenvalue weighted by Crippen LogP contribution is -2.39. The summed E-state index contributed by atoms with van der Waals surface area (Å²) in [5.41, 5.74) is 5.72. The number of ether oxygens (including phenoxy) is 1. The van der Waals surface area contributed by atoms with Gasteiger partial charge in [0.15, 0.2) is 0 Å². The number of methoxy groups -OCH3 is 1. The molecule has 0 aliphatic carbocycles. The van der Waals surface area contributed by atoms with Gasteiger partial charge in [0.2, 0.25) is 5.91 Å². The maximum absolute atomic E-state index is 12.5. The molecule has 3 aromatic carbocycles. The molecule has 0 radical (unpaired) electrons. The van der Waals surface area contributed by atoms with E-state index in [9.17, 15) is 4.79 Å². The van der Waals surface area contributed by atoms with Gasteiger partial charge in [-0.05, 0) is 42.0 Å². The van der Waals surface area contributed by atoms with Crippen molar-refractivity contribution in [3.8, 4) is 5.75 Å². The van der Waals surface area contributed by atoms with E-state index >= 15 is 0 Å². The van der Waals surface area contributed by atoms with Crippen LogP contribution in [0.4, 0.5) is 11.4 Å². The highest BCUT2D eigenvalue weighted by Gasteiger charge is 2.13. The highest BCUT2D eigenvalue weighted by molar-refractivity contribution is 5.82. The molecule has 1 amide bonds. The van der Waals surface area contributed by atoms with Crippen molar-refractivity contribution >= 4 is 17.3 Å². The molecule has 0 aliphatic rings. The molecule has 0 bridgehead atoms. The maximum Gasteiger partial charge on any atom is 0.243 e. The molecule has 4 nitrogen and oxygen atoms in total. The lowest BCUT2D eigenvalue weighted by Gasteiger charge is -2.25. The number of hydrogen-bond donors (Lipinski definition) is 1. The van der Waals surface area contributed by atoms with Crippen molar-refractivity contribution in [3.63, 3.8) is 0 Å². The molecule has 4 heteroatoms. The zero-order valence-corrected chi connectivity index (χ0v) is 14.1. The van der Waals surface area contributed by atoms with Gasteiger partial charge in [0.05, 0.1) is 24.9 Å². The van der Waals surface area contributed by atoms with E-state index in [4.69, 9.17) is 4.74 Å². The molecular formula is C21H20N2O2. The highest BCUT2D eigenvalue weighted by Crippen LogP contribution is 2.22. The normalized spacial score (nSPS) is 10.1. The first-order valence-electron chi connectivity index (χ1n) is 8.09. The van der Waals surface area contributed by atoms with Gasteiger partial charge in [-0.3, -0.25) is 15.2 Å². The largest absolute Gasteiger partial charge is 0.497 e. The molecule has 0 spiro atoms. The summed E-state index contributed by atoms with van der Waals surface area (Å²) in [7, 11) is 1.62. The lowest BCUT2D eigenvalue weighted by atomic mass is 10.1. The van der Waals surface area contributed by atoms with Crippen LogP contribution in [0.15, 0.2) is 84.9 Å². The van der Waals surface area contributed by atoms with Crippen molar-refractivity contribution in [1.29, 1.82) is 0 Å². The van der Waals surface area contributed by atoms with E-state index in [0.29, 0.717) is 6.42 Å². The first-order valence-corrected chi connectivity index (χ1v) is 8.09. The van der Waals surface area contributed by atoms with Crippen molar-refractivity contribution in [2.75, 3.05) is 12.1 Å². The van der Waals surface area contributed by atoms with Crippen molar-refractivity contribution in [2.45, 2.75) is 6.42 Å². The van der Waals surface area contributed by atoms with Gasteiger partial charge < -0.3 is 4.74 Å². The SMILES string of the molecule is COc1ccc(CC(=O)NN(c2ccccc2)c2ccccc2)cc1. The Kier molecular flexibility index (Phi) is 5.32. The van der Waals surface area contributed by atoms with Crippen LogP contribution < -0.4 is 15.2 Å². The van der Waals surface area contributed by atoms with E-state index in [1.54, 1.807) is 12.1 Å². The number of amides is 1. The summed E-state index contributed by atoms with van der Waals surface area (Å²) < 4.78 is 5.15. The van der Waals surface area contributed by atoms with Crippen LogP contribution in [-0.2, 0) is 11.2 Å². The molecule has 126 valence electrons. The van der Waals surface area contributed by atoms with Crippen molar-refractivity contribution in [3.05, 3.63) is 90.5 Å². The third kappa shape index (κ3) is 4.38. The monoisotopic (exact) mass is 332 g/mol. The number of nitrogens with one attached hydrogen (secondary N) is 1. The van der Waals surface area contributed by atoms with E-state index in [-0.39, 0.29) is 5.91 Å². The standard InChI is InChI=1S/C21H20N2O2/c1-25-20-14-12-17(13-15-20)16-21(24)22-23(18-8-4-2-5-9-18)19-10-6-3-7-11-19/h2-15H,16H2,1H3,(H,22,24). The van der Waals surface area contributed by atoms with Crippen LogP contribution in [0.3, 0.4) is 0 Å². The smallest absolute Gasteiger partial charge is 0.243 e. The molecule has 0 unspecified atom stereocenters. The Balaban J connectivity index is 1.76. The fourth-order valence-electron chi connectivity index (χ4n) is 2.53. The zero-order chi connectivity index (χ0) is 17.5. The predicted molar refractivity (Wildman–Crippen MR) is 99.9 cm³/mol. The van der Waals surface area contributed by atoms with Crippen LogP contribution in [0.5, 0.6) is 5.75 Å². The first-order chi connectivity index (χ1) is 12.3. The van der Waals surface area contributed by atoms with Gasteiger partial charge in [-0.25, -0.2) is 0 Å². The summed E-state index contributed by atoms with van der Waals surface area (Å²) in [5, 5.41) is 1.80. The molecular weight excluding hydrogens is 312 g/mol. The first kappa shape index (κ1) is 16.6. The van der Waals surface area contributed by atoms with Crippen molar-refractivity contribution in [2.24, 2.45) is 0 Å². The highest BCUT2D eigenvalue weighted by atomic mass is 16.5. The molecule has 3 rings (SSSR count). The minimum absolute atomic E-state index is 0.0853. The molecule has 0 aromatic heterocycles. The fourth-order valence-corrected chi connectivity index (χ4v) is 2.53. The minimum Gasteiger partial charge on any atom is -0.497 e. The second-order valence-electron chi connectivity index (χ2n) is 5.57. The van der Waals surface area contributed by atoms with Crippen molar-refractivity contribution < 1.29 is 9.53 Å². The van der Waals surface area contributed by atoms with Crippen LogP contribution in [-0.4, -0.2) is 13.0 Å². The molecule has 3 aromatic rings. The van der Waals surface area contributed by atoms with Gasteiger partial charge in [0, 0.05) is 0 Å². The maximum atomic E-state index is 12.5. The van der Waals surface area contributed by atoms with Gasteiger partial charge >= 0.3 is 0 Å². The fraction of sp³-hybridized carbons (Fsp3) is 0.0952. The Morgan fingerprint density at radius 2 is 1.36 bits per heavy atom. The van der Waals surface area contributed by atoms with Crippen LogP contribution in [0, 0.1) is 0 Å². The van der Waals surface area contributed by atoms with Crippen LogP contribution >= 0.6 is 0 Å². The quantitative estimate of drug-likeness (QED) is 0.691. The second-order valence-corrected chi connectivity index (χ2v) is 5.57. The van der Waals surface area contributed by atoms with E-state index in [1.807, 2.05) is 84.9 Å². The van der Waals surface area contributed by atoms with Gasteiger partial charge in [-0.2, -0.15) is 0 Å². The number of benzene rings is 3. The summed E-state index contributed by atoms with van der Waals surface area (Å²) in [5.74, 6) is 0.692. The Hall–Kier alpha value is -3.27. The summed E-state index contributed by atoms with van der Waals surface area (Å²) in [6, 6.07) is 27.0. The Morgan fingerprint density at radius 1 is 0.840 bits per heavy atom. The van der Waals surface area contributed by atoms with Gasteiger partial charge in [-0.15, -0.1) is 0 Å². The van der Waals surface area contributed by atoms with E-state index in [0.717, 1.165) is 22.7 Å². The van der Waals surface area contributed by atoms with E-state index in [1.165, 1.54) is 0 Å². The Bertz CT molecular complexity index is 763. The summed E-state index contributed by atoms with van der Waals surface area (Å²) in [6.45, 7) is 0. The van der Waals surface area contributed by atoms with Gasteiger partial charge in [0.1, 0.15) is 5.75 Å². The number of carbonyl (C=O) groups excluding carboxylic acids is 1. The van der Waals surface area contributed by atoms with Crippen molar-refractivity contribution in [1.82, 2.24) is 5.43 Å². The topological polar surface area (TPSA) is 41.6 Å². The van der Waals surface area contributed by atoms with Crippen LogP contribution in [0.2, 0.25) is 0 Å². The minimum atomic E-state index is -0.0853. The third-order valence-electron chi connectivity index (χ3n) is 3.79. The summed E-state index contributed by atoms with van der Waals surface area (Å²) >= 11 is 0. The molecule has 25 heavy (non-hydrogen) atoms. The summed E-state index contributed by atoms with van der Waals surface area (Å²) in [6.07, 6.45) is 0.292. The van der Waals surface area contributed by atoms with E-state index < -0.39 is 0 Å². The van der Waals surface area contributed by atoms with Gasteiger partial charge in [-0.1, -0.05) is 48.5 Å². The second kappa shape index (κ2) is 8.02. The molecule has 0 aliphatic heterocycles. The number of hydrogen-bond acceptors (Lipinski definition) is 3. The van der Waals surface area contributed by atoms with Crippen LogP contribution in [0.25, 0.3) is 0 Å². The Labute approximate surface area is 147 Å². The van der Waals surface area contributed by atoms with Gasteiger partial charge in [0.25, 0.3) is 0 Å². The molecule has 0 saturated heterocycles. The number of rotatable bonds is 6. The molecule has 0 heterocycles. The molecule has 1 N–H and O–H groups in total. The average molecular weight is 332 g/mol. The average Bonchev–Trinajstić information content (AvgIpc) is 2.68. The predicted octanol–water partition coefficient (Wildman–Crippen LogP) is 4.11. The number of anilines is 2. The number of carbonyl (C=O) groups is 1. The van der Waals surface area contributed by atoms with Crippen LogP contribution in [0.1, 0.15) is 5.56 Å². The Morgan fingerprint density at radius 3 is 1.84 bits per heavy atom. The lowest BCUT2D eigenvalue weighted by molar-refractivity contribution is -0.120. The van der Waals surface area contributed by atoms with E-state index in [2.05, 4.69) is 5.43 Å². The number of hydrazine groups is 1. The summed E-state index contributed by atoms with van der Waals surface area (Å²) in [4.78, 5) is 12.5. The molecule has 0 saturated carbocycles. The zero-order valence-electron chi connectivity index (χ0n) is 14.1. The molecule has 0 fully saturated rings. The number of nitrogens with zero attached hydrogens (tertiary/aromatic N) is 1. The number of para-hydroxylation sites is 2. The third-order valence-corrected chi connectivity index (χ3v) is 3.79. The molecule has 0 atom stereocenters.